The Labute approximate surface area is 219 Å². The van der Waals surface area contributed by atoms with E-state index in [1.165, 1.54) is 32.4 Å². The van der Waals surface area contributed by atoms with Gasteiger partial charge in [0.2, 0.25) is 5.82 Å². The molecule has 2 saturated heterocycles. The molecule has 1 aromatic carbocycles. The third-order valence-electron chi connectivity index (χ3n) is 6.93. The Balaban J connectivity index is 0.000000396. The van der Waals surface area contributed by atoms with Gasteiger partial charge in [0.05, 0.1) is 11.4 Å². The molecule has 0 saturated carbocycles. The van der Waals surface area contributed by atoms with Crippen LogP contribution in [0, 0.1) is 12.3 Å². The van der Waals surface area contributed by atoms with Crippen LogP contribution in [-0.2, 0) is 0 Å². The number of hydrogen-bond donors (Lipinski definition) is 2. The van der Waals surface area contributed by atoms with Crippen molar-refractivity contribution in [2.24, 2.45) is 0 Å². The topological polar surface area (TPSA) is 108 Å². The van der Waals surface area contributed by atoms with Crippen LogP contribution in [0.3, 0.4) is 0 Å². The fourth-order valence-electron chi connectivity index (χ4n) is 4.74. The number of nitrogens with zero attached hydrogens (tertiary/aromatic N) is 7. The van der Waals surface area contributed by atoms with Crippen molar-refractivity contribution in [2.45, 2.75) is 38.6 Å². The molecular weight excluding hydrogens is 464 g/mol. The Hall–Kier alpha value is -3.90. The average molecular weight is 501 g/mol. The van der Waals surface area contributed by atoms with Crippen LogP contribution in [0.2, 0.25) is 0 Å². The Morgan fingerprint density at radius 2 is 1.81 bits per heavy atom. The first-order valence-electron chi connectivity index (χ1n) is 12.9. The maximum absolute atomic E-state index is 10.2. The van der Waals surface area contributed by atoms with Gasteiger partial charge < -0.3 is 25.5 Å². The van der Waals surface area contributed by atoms with E-state index in [-0.39, 0.29) is 11.8 Å². The molecule has 9 heteroatoms. The number of benzene rings is 1. The van der Waals surface area contributed by atoms with Crippen LogP contribution in [0.15, 0.2) is 42.6 Å². The summed E-state index contributed by atoms with van der Waals surface area (Å²) >= 11 is 0. The molecule has 0 spiro atoms. The highest BCUT2D eigenvalue weighted by molar-refractivity contribution is 5.74. The summed E-state index contributed by atoms with van der Waals surface area (Å²) in [5.74, 6) is 4.23. The minimum atomic E-state index is 0.159. The number of aromatic nitrogens is 4. The molecule has 1 atom stereocenters. The molecule has 2 fully saturated rings. The van der Waals surface area contributed by atoms with Crippen LogP contribution in [-0.4, -0.2) is 76.0 Å². The first kappa shape index (κ1) is 26.2. The van der Waals surface area contributed by atoms with E-state index in [9.17, 15) is 5.11 Å². The van der Waals surface area contributed by atoms with Crippen LogP contribution in [0.5, 0.6) is 5.75 Å². The highest BCUT2D eigenvalue weighted by Crippen LogP contribution is 2.32. The SMILES string of the molecule is C#Cc1nccc(N2CCN(c3cc(-c4ccccc4O)nnc3N)CCC2C)n1.CN1CCCCC1. The van der Waals surface area contributed by atoms with Gasteiger partial charge in [-0.25, -0.2) is 9.97 Å². The smallest absolute Gasteiger partial charge is 0.206 e. The number of nitrogen functional groups attached to an aromatic ring is 1. The number of piperidine rings is 1. The summed E-state index contributed by atoms with van der Waals surface area (Å²) < 4.78 is 0. The minimum absolute atomic E-state index is 0.159. The zero-order valence-electron chi connectivity index (χ0n) is 21.7. The van der Waals surface area contributed by atoms with E-state index in [0.29, 0.717) is 22.9 Å². The predicted molar refractivity (Wildman–Crippen MR) is 148 cm³/mol. The number of para-hydroxylation sites is 1. The molecule has 0 bridgehead atoms. The standard InChI is InChI=1S/C22H23N7O.C6H13N/c1-3-20-24-10-8-21(25-20)29-13-12-28(11-9-15(29)2)18-14-17(26-27-22(18)23)16-6-4-5-7-19(16)30;1-7-5-3-2-4-6-7/h1,4-8,10,14-15,30H,9,11-13H2,2H3,(H2,23,27);2-6H2,1H3. The Morgan fingerprint density at radius 3 is 2.51 bits per heavy atom. The van der Waals surface area contributed by atoms with E-state index in [4.69, 9.17) is 12.2 Å². The first-order valence-corrected chi connectivity index (χ1v) is 12.9. The molecule has 5 rings (SSSR count). The van der Waals surface area contributed by atoms with E-state index in [0.717, 1.165) is 37.6 Å². The number of terminal acetylenes is 1. The number of aromatic hydroxyl groups is 1. The van der Waals surface area contributed by atoms with Crippen molar-refractivity contribution in [3.63, 3.8) is 0 Å². The van der Waals surface area contributed by atoms with Gasteiger partial charge in [-0.3, -0.25) is 0 Å². The molecule has 194 valence electrons. The number of anilines is 3. The van der Waals surface area contributed by atoms with Crippen molar-refractivity contribution in [3.05, 3.63) is 48.4 Å². The molecule has 37 heavy (non-hydrogen) atoms. The average Bonchev–Trinajstić information content (AvgIpc) is 3.12. The van der Waals surface area contributed by atoms with Crippen molar-refractivity contribution in [1.29, 1.82) is 0 Å². The second-order valence-electron chi connectivity index (χ2n) is 9.58. The summed E-state index contributed by atoms with van der Waals surface area (Å²) in [6, 6.07) is 11.1. The summed E-state index contributed by atoms with van der Waals surface area (Å²) in [6.07, 6.45) is 12.3. The largest absolute Gasteiger partial charge is 0.507 e. The van der Waals surface area contributed by atoms with Gasteiger partial charge in [-0.15, -0.1) is 16.6 Å². The molecule has 2 aliphatic rings. The summed E-state index contributed by atoms with van der Waals surface area (Å²) in [5, 5.41) is 18.5. The van der Waals surface area contributed by atoms with Gasteiger partial charge in [-0.2, -0.15) is 0 Å². The number of likely N-dealkylation sites (tertiary alicyclic amines) is 1. The van der Waals surface area contributed by atoms with Gasteiger partial charge in [-0.1, -0.05) is 18.6 Å². The highest BCUT2D eigenvalue weighted by Gasteiger charge is 2.24. The molecule has 3 aromatic rings. The van der Waals surface area contributed by atoms with Gasteiger partial charge >= 0.3 is 0 Å². The molecule has 0 aliphatic carbocycles. The number of phenols is 1. The van der Waals surface area contributed by atoms with Gasteiger partial charge in [0.25, 0.3) is 0 Å². The molecule has 0 radical (unpaired) electrons. The van der Waals surface area contributed by atoms with E-state index in [2.05, 4.69) is 54.8 Å². The van der Waals surface area contributed by atoms with Crippen molar-refractivity contribution in [3.8, 4) is 29.4 Å². The zero-order valence-corrected chi connectivity index (χ0v) is 21.7. The van der Waals surface area contributed by atoms with Gasteiger partial charge in [-0.05, 0) is 76.5 Å². The maximum atomic E-state index is 10.2. The predicted octanol–water partition coefficient (Wildman–Crippen LogP) is 3.41. The molecule has 2 aromatic heterocycles. The fourth-order valence-corrected chi connectivity index (χ4v) is 4.74. The van der Waals surface area contributed by atoms with Crippen molar-refractivity contribution in [2.75, 3.05) is 55.3 Å². The summed E-state index contributed by atoms with van der Waals surface area (Å²) in [4.78, 5) is 15.4. The monoisotopic (exact) mass is 500 g/mol. The van der Waals surface area contributed by atoms with Crippen LogP contribution >= 0.6 is 0 Å². The van der Waals surface area contributed by atoms with E-state index >= 15 is 0 Å². The van der Waals surface area contributed by atoms with Crippen LogP contribution in [0.25, 0.3) is 11.3 Å². The lowest BCUT2D eigenvalue weighted by Crippen LogP contribution is -2.35. The highest BCUT2D eigenvalue weighted by atomic mass is 16.3. The normalized spacial score (nSPS) is 18.4. The van der Waals surface area contributed by atoms with Crippen LogP contribution in [0.4, 0.5) is 17.3 Å². The fraction of sp³-hybridized carbons (Fsp3) is 0.429. The molecule has 4 heterocycles. The summed E-state index contributed by atoms with van der Waals surface area (Å²) in [6.45, 7) is 7.09. The Bertz CT molecular complexity index is 1220. The van der Waals surface area contributed by atoms with Crippen molar-refractivity contribution < 1.29 is 5.11 Å². The second kappa shape index (κ2) is 12.4. The van der Waals surface area contributed by atoms with E-state index in [1.54, 1.807) is 18.3 Å². The number of phenolic OH excluding ortho intramolecular Hbond substituents is 1. The van der Waals surface area contributed by atoms with Gasteiger partial charge in [0.15, 0.2) is 5.82 Å². The molecule has 9 nitrogen and oxygen atoms in total. The molecular formula is C28H36N8O. The third kappa shape index (κ3) is 6.66. The molecule has 2 aliphatic heterocycles. The zero-order chi connectivity index (χ0) is 26.2. The van der Waals surface area contributed by atoms with Gasteiger partial charge in [0.1, 0.15) is 11.6 Å². The molecule has 3 N–H and O–H groups in total. The van der Waals surface area contributed by atoms with Crippen LogP contribution in [0.1, 0.15) is 38.4 Å². The Morgan fingerprint density at radius 1 is 1.03 bits per heavy atom. The molecule has 0 amide bonds. The summed E-state index contributed by atoms with van der Waals surface area (Å²) in [7, 11) is 2.19. The number of hydrogen-bond acceptors (Lipinski definition) is 9. The lowest BCUT2D eigenvalue weighted by atomic mass is 10.1. The molecule has 1 unspecified atom stereocenters. The van der Waals surface area contributed by atoms with Crippen molar-refractivity contribution in [1.82, 2.24) is 25.1 Å². The second-order valence-corrected chi connectivity index (χ2v) is 9.58. The third-order valence-corrected chi connectivity index (χ3v) is 6.93. The Kier molecular flexibility index (Phi) is 8.75. The quantitative estimate of drug-likeness (QED) is 0.523. The van der Waals surface area contributed by atoms with E-state index < -0.39 is 0 Å². The van der Waals surface area contributed by atoms with E-state index in [1.807, 2.05) is 24.3 Å². The lowest BCUT2D eigenvalue weighted by molar-refractivity contribution is 0.277. The van der Waals surface area contributed by atoms with Crippen molar-refractivity contribution >= 4 is 17.3 Å². The van der Waals surface area contributed by atoms with Crippen LogP contribution < -0.4 is 15.5 Å². The number of rotatable bonds is 3. The number of nitrogens with two attached hydrogens (primary N) is 1. The van der Waals surface area contributed by atoms with Gasteiger partial charge in [0, 0.05) is 37.4 Å². The lowest BCUT2D eigenvalue weighted by Gasteiger charge is -2.28. The first-order chi connectivity index (χ1) is 18.0. The summed E-state index contributed by atoms with van der Waals surface area (Å²) in [5.41, 5.74) is 8.19. The minimum Gasteiger partial charge on any atom is -0.507 e. The maximum Gasteiger partial charge on any atom is 0.206 e.